The molecule has 11 aromatic rings. The first kappa shape index (κ1) is 34.4. The fraction of sp³-hybridized carbons (Fsp3) is 0.0169. The maximum atomic E-state index is 2.50. The molecule has 0 unspecified atom stereocenters. The van der Waals surface area contributed by atoms with Gasteiger partial charge in [0.2, 0.25) is 0 Å². The summed E-state index contributed by atoms with van der Waals surface area (Å²) in [5, 5.41) is 5.07. The average Bonchev–Trinajstić information content (AvgIpc) is 3.96. The smallest absolute Gasteiger partial charge is 0.0725 e. The first-order valence-electron chi connectivity index (χ1n) is 21.1. The molecule has 1 heterocycles. The molecule has 1 nitrogen and oxygen atoms in total. The van der Waals surface area contributed by atoms with Crippen LogP contribution < -0.4 is 4.90 Å². The predicted molar refractivity (Wildman–Crippen MR) is 259 cm³/mol. The Bertz CT molecular complexity index is 3460. The van der Waals surface area contributed by atoms with Gasteiger partial charge in [-0.3, -0.25) is 0 Å². The molecular weight excluding hydrogens is 755 g/mol. The summed E-state index contributed by atoms with van der Waals surface area (Å²) in [6.45, 7) is 0. The van der Waals surface area contributed by atoms with E-state index in [1.54, 1.807) is 0 Å². The number of thiophene rings is 1. The van der Waals surface area contributed by atoms with Crippen LogP contribution in [0.15, 0.2) is 224 Å². The van der Waals surface area contributed by atoms with Gasteiger partial charge in [0.05, 0.1) is 11.1 Å². The minimum Gasteiger partial charge on any atom is -0.310 e. The van der Waals surface area contributed by atoms with Crippen LogP contribution in [0, 0.1) is 0 Å². The van der Waals surface area contributed by atoms with Gasteiger partial charge in [-0.2, -0.15) is 0 Å². The Morgan fingerprint density at radius 3 is 1.48 bits per heavy atom. The lowest BCUT2D eigenvalue weighted by Crippen LogP contribution is -2.25. The highest BCUT2D eigenvalue weighted by Crippen LogP contribution is 2.63. The highest BCUT2D eigenvalue weighted by atomic mass is 32.1. The van der Waals surface area contributed by atoms with E-state index in [0.29, 0.717) is 0 Å². The third kappa shape index (κ3) is 4.94. The molecule has 1 spiro atoms. The highest BCUT2D eigenvalue weighted by Gasteiger charge is 2.51. The van der Waals surface area contributed by atoms with Crippen molar-refractivity contribution in [1.29, 1.82) is 0 Å². The van der Waals surface area contributed by atoms with Crippen LogP contribution >= 0.6 is 11.3 Å². The third-order valence-corrected chi connectivity index (χ3v) is 14.5. The van der Waals surface area contributed by atoms with E-state index in [-0.39, 0.29) is 5.41 Å². The van der Waals surface area contributed by atoms with Crippen molar-refractivity contribution >= 4 is 59.3 Å². The molecule has 2 heteroatoms. The maximum Gasteiger partial charge on any atom is 0.0725 e. The standard InChI is InChI=1S/C59H37NS/c1-3-15-38(16-4-1)39-27-31-43(32-28-39)60(42-17-5-2-6-18-42)56-37-51-50-35-40(30-34-57(50)61-58(51)49-23-8-7-22-48(49)56)41-29-33-47-46-21-11-14-26-54(46)59(55(47)36-41)52-24-12-9-19-44(52)45-20-10-13-25-53(45)59/h1-37H. The van der Waals surface area contributed by atoms with Crippen molar-refractivity contribution in [3.05, 3.63) is 247 Å². The molecular formula is C59H37NS. The van der Waals surface area contributed by atoms with Crippen molar-refractivity contribution in [3.8, 4) is 44.5 Å². The van der Waals surface area contributed by atoms with Crippen LogP contribution in [-0.2, 0) is 5.41 Å². The predicted octanol–water partition coefficient (Wildman–Crippen LogP) is 16.4. The quantitative estimate of drug-likeness (QED) is 0.168. The number of hydrogen-bond acceptors (Lipinski definition) is 2. The second-order valence-corrected chi connectivity index (χ2v) is 17.4. The Hall–Kier alpha value is -7.52. The summed E-state index contributed by atoms with van der Waals surface area (Å²) in [6.07, 6.45) is 0. The second-order valence-electron chi connectivity index (χ2n) is 16.4. The van der Waals surface area contributed by atoms with Crippen molar-refractivity contribution in [3.63, 3.8) is 0 Å². The minimum atomic E-state index is -0.373. The fourth-order valence-electron chi connectivity index (χ4n) is 10.7. The molecule has 0 atom stereocenters. The molecule has 1 aromatic heterocycles. The first-order chi connectivity index (χ1) is 30.3. The van der Waals surface area contributed by atoms with E-state index in [1.165, 1.54) is 103 Å². The van der Waals surface area contributed by atoms with Crippen molar-refractivity contribution in [1.82, 2.24) is 0 Å². The van der Waals surface area contributed by atoms with E-state index < -0.39 is 0 Å². The van der Waals surface area contributed by atoms with Crippen LogP contribution in [0.2, 0.25) is 0 Å². The fourth-order valence-corrected chi connectivity index (χ4v) is 11.9. The highest BCUT2D eigenvalue weighted by molar-refractivity contribution is 7.26. The van der Waals surface area contributed by atoms with Gasteiger partial charge in [-0.1, -0.05) is 176 Å². The van der Waals surface area contributed by atoms with Gasteiger partial charge in [-0.15, -0.1) is 11.3 Å². The van der Waals surface area contributed by atoms with E-state index in [2.05, 4.69) is 229 Å². The molecule has 10 aromatic carbocycles. The van der Waals surface area contributed by atoms with Crippen LogP contribution in [0.3, 0.4) is 0 Å². The Balaban J connectivity index is 1.01. The number of rotatable bonds is 5. The van der Waals surface area contributed by atoms with Gasteiger partial charge >= 0.3 is 0 Å². The minimum absolute atomic E-state index is 0.373. The molecule has 0 radical (unpaired) electrons. The zero-order valence-electron chi connectivity index (χ0n) is 33.2. The van der Waals surface area contributed by atoms with Gasteiger partial charge < -0.3 is 4.90 Å². The van der Waals surface area contributed by atoms with Gasteiger partial charge in [-0.05, 0) is 115 Å². The molecule has 0 fully saturated rings. The van der Waals surface area contributed by atoms with E-state index >= 15 is 0 Å². The van der Waals surface area contributed by atoms with Gasteiger partial charge in [0, 0.05) is 42.3 Å². The summed E-state index contributed by atoms with van der Waals surface area (Å²) in [6, 6.07) is 83.3. The Labute approximate surface area is 359 Å². The molecule has 0 bridgehead atoms. The Kier molecular flexibility index (Phi) is 7.46. The summed E-state index contributed by atoms with van der Waals surface area (Å²) in [7, 11) is 0. The molecule has 0 N–H and O–H groups in total. The number of nitrogens with zero attached hydrogens (tertiary/aromatic N) is 1. The third-order valence-electron chi connectivity index (χ3n) is 13.3. The monoisotopic (exact) mass is 791 g/mol. The Morgan fingerprint density at radius 1 is 0.311 bits per heavy atom. The summed E-state index contributed by atoms with van der Waals surface area (Å²) in [5.74, 6) is 0. The number of benzene rings is 10. The van der Waals surface area contributed by atoms with E-state index in [1.807, 2.05) is 11.3 Å². The zero-order valence-corrected chi connectivity index (χ0v) is 34.0. The normalized spacial score (nSPS) is 13.0. The lowest BCUT2D eigenvalue weighted by Gasteiger charge is -2.30. The summed E-state index contributed by atoms with van der Waals surface area (Å²) in [4.78, 5) is 2.43. The van der Waals surface area contributed by atoms with Gasteiger partial charge in [0.15, 0.2) is 0 Å². The first-order valence-corrected chi connectivity index (χ1v) is 21.9. The average molecular weight is 792 g/mol. The van der Waals surface area contributed by atoms with Crippen molar-refractivity contribution in [2.75, 3.05) is 4.90 Å². The zero-order chi connectivity index (χ0) is 40.1. The lowest BCUT2D eigenvalue weighted by molar-refractivity contribution is 0.794. The summed E-state index contributed by atoms with van der Waals surface area (Å²) in [5.41, 5.74) is 18.7. The maximum absolute atomic E-state index is 2.50. The van der Waals surface area contributed by atoms with Crippen LogP contribution in [0.1, 0.15) is 22.3 Å². The molecule has 13 rings (SSSR count). The SMILES string of the molecule is c1ccc(-c2ccc(N(c3ccccc3)c3cc4c5cc(-c6ccc7c(c6)C6(c8ccccc8-c8ccccc86)c6ccccc6-7)ccc5sc4c4ccccc34)cc2)cc1. The van der Waals surface area contributed by atoms with E-state index in [4.69, 9.17) is 0 Å². The summed E-state index contributed by atoms with van der Waals surface area (Å²) < 4.78 is 2.62. The number of anilines is 3. The van der Waals surface area contributed by atoms with Crippen LogP contribution in [0.25, 0.3) is 75.5 Å². The van der Waals surface area contributed by atoms with Gasteiger partial charge in [0.1, 0.15) is 0 Å². The molecule has 0 saturated carbocycles. The van der Waals surface area contributed by atoms with Gasteiger partial charge in [0.25, 0.3) is 0 Å². The largest absolute Gasteiger partial charge is 0.310 e. The molecule has 0 aliphatic heterocycles. The van der Waals surface area contributed by atoms with Gasteiger partial charge in [-0.25, -0.2) is 0 Å². The molecule has 0 amide bonds. The van der Waals surface area contributed by atoms with E-state index in [0.717, 1.165) is 11.4 Å². The molecule has 2 aliphatic carbocycles. The van der Waals surface area contributed by atoms with E-state index in [9.17, 15) is 0 Å². The number of hydrogen-bond donors (Lipinski definition) is 0. The van der Waals surface area contributed by atoms with Crippen molar-refractivity contribution in [2.24, 2.45) is 0 Å². The molecule has 284 valence electrons. The topological polar surface area (TPSA) is 3.24 Å². The molecule has 0 saturated heterocycles. The second kappa shape index (κ2) is 13.2. The number of fused-ring (bicyclic) bond motifs is 15. The van der Waals surface area contributed by atoms with Crippen LogP contribution in [0.5, 0.6) is 0 Å². The summed E-state index contributed by atoms with van der Waals surface area (Å²) >= 11 is 1.90. The molecule has 2 aliphatic rings. The number of para-hydroxylation sites is 1. The lowest BCUT2D eigenvalue weighted by atomic mass is 9.70. The molecule has 61 heavy (non-hydrogen) atoms. The van der Waals surface area contributed by atoms with Crippen molar-refractivity contribution in [2.45, 2.75) is 5.41 Å². The van der Waals surface area contributed by atoms with Crippen molar-refractivity contribution < 1.29 is 0 Å². The Morgan fingerprint density at radius 2 is 0.803 bits per heavy atom. The van der Waals surface area contributed by atoms with Crippen LogP contribution in [0.4, 0.5) is 17.1 Å². The van der Waals surface area contributed by atoms with Crippen LogP contribution in [-0.4, -0.2) is 0 Å².